The molecule has 0 nitrogen and oxygen atoms in total. The molecule has 0 aliphatic rings. The molecule has 1 atom stereocenters. The number of benzene rings is 2. The molecular weight excluding hydrogens is 364 g/mol. The van der Waals surface area contributed by atoms with Crippen LogP contribution in [-0.4, -0.2) is 5.33 Å². The Bertz CT molecular complexity index is 544. The zero-order valence-corrected chi connectivity index (χ0v) is 14.5. The first kappa shape index (κ1) is 14.8. The summed E-state index contributed by atoms with van der Waals surface area (Å²) in [5.74, 6) is 0.522. The number of aryl methyl sites for hydroxylation is 2. The average molecular weight is 382 g/mol. The molecule has 0 fully saturated rings. The predicted octanol–water partition coefficient (Wildman–Crippen LogP) is 5.79. The second kappa shape index (κ2) is 6.71. The maximum Gasteiger partial charge on any atom is 0.0175 e. The van der Waals surface area contributed by atoms with Crippen LogP contribution in [0.3, 0.4) is 0 Å². The van der Waals surface area contributed by atoms with Gasteiger partial charge in [0.1, 0.15) is 0 Å². The Morgan fingerprint density at radius 3 is 2.32 bits per heavy atom. The Hall–Kier alpha value is -0.600. The molecule has 1 unspecified atom stereocenters. The van der Waals surface area contributed by atoms with Crippen molar-refractivity contribution in [2.45, 2.75) is 26.2 Å². The SMILES string of the molecule is Cc1ccc(C)c(CC(CBr)c2ccc(Br)cc2)c1. The van der Waals surface area contributed by atoms with Gasteiger partial charge in [0.05, 0.1) is 0 Å². The van der Waals surface area contributed by atoms with E-state index in [1.165, 1.54) is 22.3 Å². The van der Waals surface area contributed by atoms with Crippen molar-refractivity contribution in [3.8, 4) is 0 Å². The van der Waals surface area contributed by atoms with E-state index in [1.807, 2.05) is 0 Å². The topological polar surface area (TPSA) is 0 Å². The molecule has 0 bridgehead atoms. The van der Waals surface area contributed by atoms with Crippen LogP contribution in [0.1, 0.15) is 28.2 Å². The summed E-state index contributed by atoms with van der Waals surface area (Å²) in [4.78, 5) is 0. The highest BCUT2D eigenvalue weighted by atomic mass is 79.9. The zero-order chi connectivity index (χ0) is 13.8. The molecule has 0 radical (unpaired) electrons. The fourth-order valence-electron chi connectivity index (χ4n) is 2.28. The van der Waals surface area contributed by atoms with Crippen molar-refractivity contribution in [3.63, 3.8) is 0 Å². The Morgan fingerprint density at radius 2 is 1.68 bits per heavy atom. The van der Waals surface area contributed by atoms with Gasteiger partial charge >= 0.3 is 0 Å². The van der Waals surface area contributed by atoms with Crippen molar-refractivity contribution < 1.29 is 0 Å². The van der Waals surface area contributed by atoms with Crippen LogP contribution in [0.5, 0.6) is 0 Å². The van der Waals surface area contributed by atoms with E-state index in [9.17, 15) is 0 Å². The molecule has 0 aromatic heterocycles. The van der Waals surface area contributed by atoms with Crippen LogP contribution in [-0.2, 0) is 6.42 Å². The van der Waals surface area contributed by atoms with Crippen LogP contribution in [0.15, 0.2) is 46.9 Å². The normalized spacial score (nSPS) is 12.4. The summed E-state index contributed by atoms with van der Waals surface area (Å²) < 4.78 is 1.14. The molecule has 0 aliphatic heterocycles. The smallest absolute Gasteiger partial charge is 0.0175 e. The lowest BCUT2D eigenvalue weighted by molar-refractivity contribution is 0.770. The largest absolute Gasteiger partial charge is 0.0921 e. The van der Waals surface area contributed by atoms with Crippen molar-refractivity contribution in [1.82, 2.24) is 0 Å². The summed E-state index contributed by atoms with van der Waals surface area (Å²) in [5.41, 5.74) is 5.56. The van der Waals surface area contributed by atoms with Gasteiger partial charge in [0.2, 0.25) is 0 Å². The average Bonchev–Trinajstić information content (AvgIpc) is 2.41. The molecule has 2 rings (SSSR count). The monoisotopic (exact) mass is 380 g/mol. The minimum Gasteiger partial charge on any atom is -0.0921 e. The fourth-order valence-corrected chi connectivity index (χ4v) is 3.15. The highest BCUT2D eigenvalue weighted by Gasteiger charge is 2.12. The first-order chi connectivity index (χ1) is 9.10. The van der Waals surface area contributed by atoms with Crippen LogP contribution in [0.4, 0.5) is 0 Å². The minimum absolute atomic E-state index is 0.522. The lowest BCUT2D eigenvalue weighted by Crippen LogP contribution is -2.06. The van der Waals surface area contributed by atoms with Crippen molar-refractivity contribution in [2.24, 2.45) is 0 Å². The zero-order valence-electron chi connectivity index (χ0n) is 11.3. The molecule has 2 aromatic carbocycles. The third-order valence-electron chi connectivity index (χ3n) is 3.50. The molecule has 2 heteroatoms. The first-order valence-corrected chi connectivity index (χ1v) is 8.39. The maximum atomic E-state index is 3.66. The Morgan fingerprint density at radius 1 is 1.00 bits per heavy atom. The molecule has 0 heterocycles. The van der Waals surface area contributed by atoms with E-state index >= 15 is 0 Å². The molecular formula is C17H18Br2. The lowest BCUT2D eigenvalue weighted by atomic mass is 9.91. The van der Waals surface area contributed by atoms with E-state index < -0.39 is 0 Å². The summed E-state index contributed by atoms with van der Waals surface area (Å²) in [7, 11) is 0. The predicted molar refractivity (Wildman–Crippen MR) is 90.3 cm³/mol. The van der Waals surface area contributed by atoms with E-state index in [2.05, 4.69) is 88.2 Å². The molecule has 0 N–H and O–H groups in total. The minimum atomic E-state index is 0.522. The number of halogens is 2. The van der Waals surface area contributed by atoms with Crippen molar-refractivity contribution >= 4 is 31.9 Å². The van der Waals surface area contributed by atoms with Gasteiger partial charge in [-0.15, -0.1) is 0 Å². The summed E-state index contributed by atoms with van der Waals surface area (Å²) in [6.45, 7) is 4.35. The van der Waals surface area contributed by atoms with Gasteiger partial charge in [-0.25, -0.2) is 0 Å². The van der Waals surface area contributed by atoms with Crippen LogP contribution < -0.4 is 0 Å². The summed E-state index contributed by atoms with van der Waals surface area (Å²) >= 11 is 7.15. The second-order valence-electron chi connectivity index (χ2n) is 5.04. The van der Waals surface area contributed by atoms with Crippen molar-refractivity contribution in [2.75, 3.05) is 5.33 Å². The number of alkyl halides is 1. The van der Waals surface area contributed by atoms with Gasteiger partial charge in [0.15, 0.2) is 0 Å². The highest BCUT2D eigenvalue weighted by Crippen LogP contribution is 2.26. The van der Waals surface area contributed by atoms with Gasteiger partial charge in [-0.3, -0.25) is 0 Å². The van der Waals surface area contributed by atoms with Crippen LogP contribution in [0, 0.1) is 13.8 Å². The molecule has 0 saturated heterocycles. The highest BCUT2D eigenvalue weighted by molar-refractivity contribution is 9.10. The van der Waals surface area contributed by atoms with Gasteiger partial charge in [-0.05, 0) is 55.0 Å². The van der Waals surface area contributed by atoms with Crippen LogP contribution in [0.2, 0.25) is 0 Å². The Kier molecular flexibility index (Phi) is 5.23. The molecule has 100 valence electrons. The molecule has 0 spiro atoms. The lowest BCUT2D eigenvalue weighted by Gasteiger charge is -2.17. The van der Waals surface area contributed by atoms with Crippen LogP contribution in [0.25, 0.3) is 0 Å². The fraction of sp³-hybridized carbons (Fsp3) is 0.294. The van der Waals surface area contributed by atoms with Gasteiger partial charge in [-0.1, -0.05) is 67.8 Å². The van der Waals surface area contributed by atoms with E-state index in [1.54, 1.807) is 0 Å². The van der Waals surface area contributed by atoms with E-state index in [0.29, 0.717) is 5.92 Å². The Labute approximate surface area is 132 Å². The Balaban J connectivity index is 2.23. The van der Waals surface area contributed by atoms with Crippen molar-refractivity contribution in [3.05, 3.63) is 69.2 Å². The number of hydrogen-bond acceptors (Lipinski definition) is 0. The molecule has 0 amide bonds. The van der Waals surface area contributed by atoms with Gasteiger partial charge < -0.3 is 0 Å². The third kappa shape index (κ3) is 3.93. The van der Waals surface area contributed by atoms with E-state index in [4.69, 9.17) is 0 Å². The summed E-state index contributed by atoms with van der Waals surface area (Å²) in [5, 5.41) is 0.988. The van der Waals surface area contributed by atoms with Gasteiger partial charge in [0.25, 0.3) is 0 Å². The molecule has 0 saturated carbocycles. The molecule has 2 aromatic rings. The van der Waals surface area contributed by atoms with E-state index in [0.717, 1.165) is 16.2 Å². The first-order valence-electron chi connectivity index (χ1n) is 6.47. The summed E-state index contributed by atoms with van der Waals surface area (Å²) in [6.07, 6.45) is 1.08. The number of hydrogen-bond donors (Lipinski definition) is 0. The van der Waals surface area contributed by atoms with Crippen molar-refractivity contribution in [1.29, 1.82) is 0 Å². The van der Waals surface area contributed by atoms with Gasteiger partial charge in [-0.2, -0.15) is 0 Å². The molecule has 0 aliphatic carbocycles. The van der Waals surface area contributed by atoms with Crippen LogP contribution >= 0.6 is 31.9 Å². The number of rotatable bonds is 4. The standard InChI is InChI=1S/C17H18Br2/c1-12-3-4-13(2)15(9-12)10-16(11-18)14-5-7-17(19)8-6-14/h3-9,16H,10-11H2,1-2H3. The third-order valence-corrected chi connectivity index (χ3v) is 4.81. The quantitative estimate of drug-likeness (QED) is 0.588. The molecule has 19 heavy (non-hydrogen) atoms. The summed E-state index contributed by atoms with van der Waals surface area (Å²) in [6, 6.07) is 15.4. The maximum absolute atomic E-state index is 3.66. The van der Waals surface area contributed by atoms with Gasteiger partial charge in [0, 0.05) is 9.80 Å². The second-order valence-corrected chi connectivity index (χ2v) is 6.60. The van der Waals surface area contributed by atoms with E-state index in [-0.39, 0.29) is 0 Å².